The normalized spacial score (nSPS) is 10.9. The second-order valence-corrected chi connectivity index (χ2v) is 5.85. The summed E-state index contributed by atoms with van der Waals surface area (Å²) in [6.45, 7) is 0.383. The molecule has 0 unspecified atom stereocenters. The van der Waals surface area contributed by atoms with E-state index >= 15 is 0 Å². The summed E-state index contributed by atoms with van der Waals surface area (Å²) in [6, 6.07) is 14.9. The van der Waals surface area contributed by atoms with Crippen LogP contribution < -0.4 is 5.32 Å². The van der Waals surface area contributed by atoms with Crippen molar-refractivity contribution in [3.63, 3.8) is 0 Å². The average molecular weight is 333 g/mol. The Morgan fingerprint density at radius 1 is 1.09 bits per heavy atom. The highest BCUT2D eigenvalue weighted by Crippen LogP contribution is 2.26. The van der Waals surface area contributed by atoms with Gasteiger partial charge in [0.15, 0.2) is 0 Å². The summed E-state index contributed by atoms with van der Waals surface area (Å²) in [5, 5.41) is 5.04. The lowest BCUT2D eigenvalue weighted by atomic mass is 10.2. The molecule has 0 radical (unpaired) electrons. The Morgan fingerprint density at radius 3 is 2.55 bits per heavy atom. The summed E-state index contributed by atoms with van der Waals surface area (Å²) >= 11 is 12.3. The number of hydrogen-bond acceptors (Lipinski definition) is 1. The fraction of sp³-hybridized carbons (Fsp3) is 0.118. The van der Waals surface area contributed by atoms with Crippen molar-refractivity contribution in [2.45, 2.75) is 6.54 Å². The molecule has 1 N–H and O–H groups in total. The summed E-state index contributed by atoms with van der Waals surface area (Å²) in [4.78, 5) is 12.4. The molecule has 3 nitrogen and oxygen atoms in total. The Labute approximate surface area is 138 Å². The van der Waals surface area contributed by atoms with Gasteiger partial charge in [-0.15, -0.1) is 0 Å². The third kappa shape index (κ3) is 2.70. The van der Waals surface area contributed by atoms with E-state index in [0.29, 0.717) is 22.3 Å². The van der Waals surface area contributed by atoms with Crippen LogP contribution in [0, 0.1) is 0 Å². The molecule has 0 spiro atoms. The van der Waals surface area contributed by atoms with Crippen molar-refractivity contribution in [2.75, 3.05) is 0 Å². The average Bonchev–Trinajstić information content (AvgIpc) is 2.85. The van der Waals surface area contributed by atoms with Gasteiger partial charge in [-0.05, 0) is 29.8 Å². The molecule has 1 heterocycles. The summed E-state index contributed by atoms with van der Waals surface area (Å²) in [7, 11) is 1.85. The maximum atomic E-state index is 12.4. The van der Waals surface area contributed by atoms with Gasteiger partial charge in [0.25, 0.3) is 5.91 Å². The lowest BCUT2D eigenvalue weighted by Crippen LogP contribution is -2.24. The number of carbonyl (C=O) groups excluding carboxylic acids is 1. The number of carbonyl (C=O) groups is 1. The van der Waals surface area contributed by atoms with Crippen LogP contribution in [-0.2, 0) is 13.6 Å². The number of rotatable bonds is 3. The highest BCUT2D eigenvalue weighted by molar-refractivity contribution is 6.35. The van der Waals surface area contributed by atoms with Crippen molar-refractivity contribution in [3.05, 3.63) is 69.8 Å². The van der Waals surface area contributed by atoms with Gasteiger partial charge in [-0.3, -0.25) is 4.79 Å². The van der Waals surface area contributed by atoms with E-state index in [-0.39, 0.29) is 5.91 Å². The van der Waals surface area contributed by atoms with Crippen molar-refractivity contribution < 1.29 is 4.79 Å². The van der Waals surface area contributed by atoms with Crippen LogP contribution in [0.4, 0.5) is 0 Å². The third-order valence-corrected chi connectivity index (χ3v) is 4.36. The second kappa shape index (κ2) is 6.03. The molecular weight excluding hydrogens is 319 g/mol. The molecule has 3 rings (SSSR count). The van der Waals surface area contributed by atoms with E-state index in [9.17, 15) is 4.79 Å². The Kier molecular flexibility index (Phi) is 4.10. The minimum atomic E-state index is -0.158. The fourth-order valence-electron chi connectivity index (χ4n) is 2.45. The zero-order valence-electron chi connectivity index (χ0n) is 11.9. The molecule has 0 atom stereocenters. The van der Waals surface area contributed by atoms with Gasteiger partial charge in [0, 0.05) is 34.5 Å². The molecule has 1 amide bonds. The molecule has 0 saturated heterocycles. The first-order valence-electron chi connectivity index (χ1n) is 6.83. The number of nitrogens with zero attached hydrogens (tertiary/aromatic N) is 1. The molecule has 0 bridgehead atoms. The van der Waals surface area contributed by atoms with Crippen molar-refractivity contribution in [2.24, 2.45) is 7.05 Å². The van der Waals surface area contributed by atoms with Crippen molar-refractivity contribution in [1.82, 2.24) is 9.88 Å². The minimum absolute atomic E-state index is 0.158. The molecule has 112 valence electrons. The molecule has 2 aromatic carbocycles. The molecule has 5 heteroatoms. The van der Waals surface area contributed by atoms with E-state index < -0.39 is 0 Å². The Balaban J connectivity index is 1.85. The predicted octanol–water partition coefficient (Wildman–Crippen LogP) is 4.42. The molecule has 0 saturated carbocycles. The van der Waals surface area contributed by atoms with Gasteiger partial charge in [0.2, 0.25) is 0 Å². The summed E-state index contributed by atoms with van der Waals surface area (Å²) in [5.41, 5.74) is 2.37. The van der Waals surface area contributed by atoms with E-state index in [4.69, 9.17) is 23.2 Å². The Hall–Kier alpha value is -1.97. The first-order valence-corrected chi connectivity index (χ1v) is 7.59. The summed E-state index contributed by atoms with van der Waals surface area (Å²) in [5.74, 6) is -0.158. The van der Waals surface area contributed by atoms with Crippen LogP contribution in [0.15, 0.2) is 48.5 Å². The van der Waals surface area contributed by atoms with Gasteiger partial charge >= 0.3 is 0 Å². The molecule has 0 fully saturated rings. The maximum Gasteiger partial charge on any atom is 0.268 e. The smallest absolute Gasteiger partial charge is 0.268 e. The number of aromatic nitrogens is 1. The molecule has 22 heavy (non-hydrogen) atoms. The van der Waals surface area contributed by atoms with Gasteiger partial charge in [0.05, 0.1) is 0 Å². The van der Waals surface area contributed by atoms with Crippen LogP contribution in [-0.4, -0.2) is 10.5 Å². The number of hydrogen-bond donors (Lipinski definition) is 1. The highest BCUT2D eigenvalue weighted by atomic mass is 35.5. The van der Waals surface area contributed by atoms with E-state index in [2.05, 4.69) is 5.32 Å². The Bertz CT molecular complexity index is 855. The lowest BCUT2D eigenvalue weighted by Gasteiger charge is -2.08. The van der Waals surface area contributed by atoms with Crippen LogP contribution in [0.25, 0.3) is 10.9 Å². The molecule has 0 aliphatic heterocycles. The van der Waals surface area contributed by atoms with Gasteiger partial charge in [-0.25, -0.2) is 0 Å². The fourth-order valence-corrected chi connectivity index (χ4v) is 2.88. The first kappa shape index (κ1) is 14.9. The summed E-state index contributed by atoms with van der Waals surface area (Å²) in [6.07, 6.45) is 0. The van der Waals surface area contributed by atoms with Crippen LogP contribution in [0.5, 0.6) is 0 Å². The molecule has 1 aromatic heterocycles. The van der Waals surface area contributed by atoms with Crippen molar-refractivity contribution in [1.29, 1.82) is 0 Å². The predicted molar refractivity (Wildman–Crippen MR) is 90.6 cm³/mol. The van der Waals surface area contributed by atoms with Crippen LogP contribution in [0.3, 0.4) is 0 Å². The molecular formula is C17H14Cl2N2O. The number of fused-ring (bicyclic) bond motifs is 1. The van der Waals surface area contributed by atoms with E-state index in [0.717, 1.165) is 16.5 Å². The maximum absolute atomic E-state index is 12.4. The summed E-state index contributed by atoms with van der Waals surface area (Å²) < 4.78 is 1.84. The van der Waals surface area contributed by atoms with Crippen LogP contribution in [0.1, 0.15) is 16.1 Å². The number of benzene rings is 2. The van der Waals surface area contributed by atoms with Crippen LogP contribution >= 0.6 is 23.2 Å². The monoisotopic (exact) mass is 332 g/mol. The SMILES string of the molecule is Cn1c(C(=O)NCc2ccccc2Cl)cc2c(Cl)cccc21. The number of nitrogens with one attached hydrogen (secondary N) is 1. The minimum Gasteiger partial charge on any atom is -0.347 e. The van der Waals surface area contributed by atoms with Crippen LogP contribution in [0.2, 0.25) is 10.0 Å². The van der Waals surface area contributed by atoms with Crippen molar-refractivity contribution in [3.8, 4) is 0 Å². The molecule has 0 aliphatic carbocycles. The van der Waals surface area contributed by atoms with Gasteiger partial charge in [-0.1, -0.05) is 47.5 Å². The zero-order valence-corrected chi connectivity index (χ0v) is 13.4. The van der Waals surface area contributed by atoms with E-state index in [1.165, 1.54) is 0 Å². The van der Waals surface area contributed by atoms with Gasteiger partial charge in [0.1, 0.15) is 5.69 Å². The topological polar surface area (TPSA) is 34.0 Å². The van der Waals surface area contributed by atoms with Gasteiger partial charge < -0.3 is 9.88 Å². The van der Waals surface area contributed by atoms with Crippen molar-refractivity contribution >= 4 is 40.0 Å². The third-order valence-electron chi connectivity index (χ3n) is 3.66. The number of amides is 1. The number of halogens is 2. The molecule has 3 aromatic rings. The molecule has 0 aliphatic rings. The largest absolute Gasteiger partial charge is 0.347 e. The van der Waals surface area contributed by atoms with E-state index in [1.54, 1.807) is 12.1 Å². The van der Waals surface area contributed by atoms with Gasteiger partial charge in [-0.2, -0.15) is 0 Å². The van der Waals surface area contributed by atoms with E-state index in [1.807, 2.05) is 48.0 Å². The first-order chi connectivity index (χ1) is 10.6. The highest BCUT2D eigenvalue weighted by Gasteiger charge is 2.14. The second-order valence-electron chi connectivity index (χ2n) is 5.04. The lowest BCUT2D eigenvalue weighted by molar-refractivity contribution is 0.0943. The Morgan fingerprint density at radius 2 is 1.82 bits per heavy atom. The standard InChI is InChI=1S/C17H14Cl2N2O/c1-21-15-8-4-7-14(19)12(15)9-16(21)17(22)20-10-11-5-2-3-6-13(11)18/h2-9H,10H2,1H3,(H,20,22). The zero-order chi connectivity index (χ0) is 15.7. The quantitative estimate of drug-likeness (QED) is 0.757. The number of aryl methyl sites for hydroxylation is 1.